The van der Waals surface area contributed by atoms with Gasteiger partial charge in [0.25, 0.3) is 0 Å². The van der Waals surface area contributed by atoms with Crippen LogP contribution in [0, 0.1) is 0 Å². The van der Waals surface area contributed by atoms with Crippen LogP contribution in [0.2, 0.25) is 0 Å². The first-order valence-corrected chi connectivity index (χ1v) is 9.86. The summed E-state index contributed by atoms with van der Waals surface area (Å²) in [6, 6.07) is 4.96. The van der Waals surface area contributed by atoms with E-state index in [0.717, 1.165) is 24.8 Å². The average Bonchev–Trinajstić information content (AvgIpc) is 2.58. The zero-order valence-corrected chi connectivity index (χ0v) is 15.7. The number of hydrogen-bond donors (Lipinski definition) is 2. The molecule has 0 unspecified atom stereocenters. The lowest BCUT2D eigenvalue weighted by atomic mass is 9.99. The van der Waals surface area contributed by atoms with Crippen LogP contribution in [0.25, 0.3) is 0 Å². The number of carbonyl (C=O) groups is 1. The predicted molar refractivity (Wildman–Crippen MR) is 104 cm³/mol. The van der Waals surface area contributed by atoms with Crippen molar-refractivity contribution in [1.29, 1.82) is 0 Å². The average molecular weight is 347 g/mol. The molecular weight excluding hydrogens is 312 g/mol. The largest absolute Gasteiger partial charge is 0.507 e. The monoisotopic (exact) mass is 346 g/mol. The van der Waals surface area contributed by atoms with Crippen LogP contribution < -0.4 is 0 Å². The topological polar surface area (TPSA) is 57.5 Å². The van der Waals surface area contributed by atoms with Gasteiger partial charge in [0.1, 0.15) is 11.3 Å². The van der Waals surface area contributed by atoms with E-state index in [4.69, 9.17) is 0 Å². The molecule has 0 aliphatic carbocycles. The summed E-state index contributed by atoms with van der Waals surface area (Å²) in [6.07, 6.45) is 18.8. The molecule has 0 aliphatic heterocycles. The van der Waals surface area contributed by atoms with Gasteiger partial charge in [0.15, 0.2) is 0 Å². The number of hydrogen-bond acceptors (Lipinski definition) is 2. The van der Waals surface area contributed by atoms with Gasteiger partial charge in [0.05, 0.1) is 0 Å². The molecule has 0 aromatic heterocycles. The first-order chi connectivity index (χ1) is 12.2. The highest BCUT2D eigenvalue weighted by Crippen LogP contribution is 2.23. The van der Waals surface area contributed by atoms with Crippen molar-refractivity contribution in [3.05, 3.63) is 41.5 Å². The van der Waals surface area contributed by atoms with Gasteiger partial charge in [0.2, 0.25) is 0 Å². The Labute approximate surface area is 152 Å². The van der Waals surface area contributed by atoms with Gasteiger partial charge in [-0.05, 0) is 43.7 Å². The lowest BCUT2D eigenvalue weighted by molar-refractivity contribution is 0.0692. The third-order valence-corrected chi connectivity index (χ3v) is 4.55. The van der Waals surface area contributed by atoms with Gasteiger partial charge >= 0.3 is 5.97 Å². The third-order valence-electron chi connectivity index (χ3n) is 4.55. The van der Waals surface area contributed by atoms with E-state index in [2.05, 4.69) is 19.1 Å². The van der Waals surface area contributed by atoms with E-state index in [9.17, 15) is 15.0 Å². The first kappa shape index (κ1) is 21.3. The molecule has 0 amide bonds. The fourth-order valence-electron chi connectivity index (χ4n) is 3.06. The Bertz CT molecular complexity index is 520. The quantitative estimate of drug-likeness (QED) is 0.298. The summed E-state index contributed by atoms with van der Waals surface area (Å²) in [7, 11) is 0. The fourth-order valence-corrected chi connectivity index (χ4v) is 3.06. The van der Waals surface area contributed by atoms with Gasteiger partial charge in [-0.3, -0.25) is 0 Å². The molecule has 0 spiro atoms. The van der Waals surface area contributed by atoms with Crippen LogP contribution in [0.5, 0.6) is 5.75 Å². The minimum absolute atomic E-state index is 0.0643. The second-order valence-electron chi connectivity index (χ2n) is 6.74. The highest BCUT2D eigenvalue weighted by atomic mass is 16.4. The van der Waals surface area contributed by atoms with E-state index in [0.29, 0.717) is 0 Å². The molecule has 0 saturated heterocycles. The summed E-state index contributed by atoms with van der Waals surface area (Å²) in [5, 5.41) is 18.9. The predicted octanol–water partition coefficient (Wildman–Crippen LogP) is 6.50. The molecule has 0 saturated carbocycles. The van der Waals surface area contributed by atoms with E-state index in [-0.39, 0.29) is 11.3 Å². The lowest BCUT2D eigenvalue weighted by Crippen LogP contribution is -2.03. The molecule has 0 radical (unpaired) electrons. The van der Waals surface area contributed by atoms with Crippen molar-refractivity contribution in [2.24, 2.45) is 0 Å². The summed E-state index contributed by atoms with van der Waals surface area (Å²) >= 11 is 0. The van der Waals surface area contributed by atoms with Crippen LogP contribution in [-0.4, -0.2) is 16.2 Å². The smallest absolute Gasteiger partial charge is 0.339 e. The number of carboxylic acid groups (broad SMARTS) is 1. The molecule has 2 N–H and O–H groups in total. The van der Waals surface area contributed by atoms with E-state index < -0.39 is 5.97 Å². The maximum atomic E-state index is 11.2. The first-order valence-electron chi connectivity index (χ1n) is 9.86. The number of carboxylic acids is 1. The standard InChI is InChI=1S/C22H34O3/c1-2-3-4-5-6-7-8-9-10-11-12-13-14-16-19-17-15-18-20(23)21(19)22(24)25/h5-6,15,17-18,23H,2-4,7-14,16H2,1H3,(H,24,25)/b6-5-. The maximum Gasteiger partial charge on any atom is 0.339 e. The number of aromatic hydroxyl groups is 1. The molecule has 3 heteroatoms. The number of aryl methyl sites for hydroxylation is 1. The zero-order valence-electron chi connectivity index (χ0n) is 15.7. The summed E-state index contributed by atoms with van der Waals surface area (Å²) in [4.78, 5) is 11.2. The molecule has 1 aromatic carbocycles. The highest BCUT2D eigenvalue weighted by Gasteiger charge is 2.14. The number of rotatable bonds is 14. The van der Waals surface area contributed by atoms with Gasteiger partial charge in [-0.15, -0.1) is 0 Å². The number of phenols is 1. The van der Waals surface area contributed by atoms with E-state index >= 15 is 0 Å². The van der Waals surface area contributed by atoms with E-state index in [1.54, 1.807) is 12.1 Å². The van der Waals surface area contributed by atoms with Crippen LogP contribution >= 0.6 is 0 Å². The van der Waals surface area contributed by atoms with Crippen molar-refractivity contribution in [1.82, 2.24) is 0 Å². The Morgan fingerprint density at radius 3 is 2.16 bits per heavy atom. The normalized spacial score (nSPS) is 11.2. The summed E-state index contributed by atoms with van der Waals surface area (Å²) in [6.45, 7) is 2.22. The molecule has 1 rings (SSSR count). The van der Waals surface area contributed by atoms with Crippen molar-refractivity contribution in [3.63, 3.8) is 0 Å². The Morgan fingerprint density at radius 2 is 1.52 bits per heavy atom. The fraction of sp³-hybridized carbons (Fsp3) is 0.591. The molecule has 140 valence electrons. The number of allylic oxidation sites excluding steroid dienone is 2. The molecule has 3 nitrogen and oxygen atoms in total. The number of aromatic carboxylic acids is 1. The Balaban J connectivity index is 2.05. The highest BCUT2D eigenvalue weighted by molar-refractivity contribution is 5.92. The SMILES string of the molecule is CCCC/C=C\CCCCCCCCCc1cccc(O)c1C(=O)O. The van der Waals surface area contributed by atoms with Crippen molar-refractivity contribution >= 4 is 5.97 Å². The van der Waals surface area contributed by atoms with Crippen LogP contribution in [0.3, 0.4) is 0 Å². The van der Waals surface area contributed by atoms with Crippen molar-refractivity contribution in [3.8, 4) is 5.75 Å². The number of benzene rings is 1. The van der Waals surface area contributed by atoms with Crippen molar-refractivity contribution in [2.75, 3.05) is 0 Å². The Morgan fingerprint density at radius 1 is 0.920 bits per heavy atom. The van der Waals surface area contributed by atoms with Gasteiger partial charge in [-0.1, -0.05) is 76.2 Å². The zero-order chi connectivity index (χ0) is 18.3. The number of unbranched alkanes of at least 4 members (excludes halogenated alkanes) is 9. The molecule has 1 aromatic rings. The molecule has 0 atom stereocenters. The van der Waals surface area contributed by atoms with Crippen LogP contribution in [0.1, 0.15) is 93.5 Å². The minimum atomic E-state index is -1.04. The van der Waals surface area contributed by atoms with Gasteiger partial charge < -0.3 is 10.2 Å². The van der Waals surface area contributed by atoms with E-state index in [1.165, 1.54) is 63.9 Å². The second kappa shape index (κ2) is 13.5. The van der Waals surface area contributed by atoms with Gasteiger partial charge in [-0.2, -0.15) is 0 Å². The molecule has 0 aliphatic rings. The molecule has 25 heavy (non-hydrogen) atoms. The van der Waals surface area contributed by atoms with Crippen molar-refractivity contribution < 1.29 is 15.0 Å². The Kier molecular flexibility index (Phi) is 11.5. The molecular formula is C22H34O3. The second-order valence-corrected chi connectivity index (χ2v) is 6.74. The van der Waals surface area contributed by atoms with E-state index in [1.807, 2.05) is 0 Å². The Hall–Kier alpha value is -1.77. The minimum Gasteiger partial charge on any atom is -0.507 e. The van der Waals surface area contributed by atoms with Crippen LogP contribution in [0.4, 0.5) is 0 Å². The molecule has 0 bridgehead atoms. The maximum absolute atomic E-state index is 11.2. The summed E-state index contributed by atoms with van der Waals surface area (Å²) < 4.78 is 0. The van der Waals surface area contributed by atoms with Crippen LogP contribution in [-0.2, 0) is 6.42 Å². The molecule has 0 heterocycles. The van der Waals surface area contributed by atoms with Gasteiger partial charge in [-0.25, -0.2) is 4.79 Å². The third kappa shape index (κ3) is 9.33. The lowest BCUT2D eigenvalue weighted by Gasteiger charge is -2.07. The van der Waals surface area contributed by atoms with Crippen LogP contribution in [0.15, 0.2) is 30.4 Å². The van der Waals surface area contributed by atoms with Gasteiger partial charge in [0, 0.05) is 0 Å². The summed E-state index contributed by atoms with van der Waals surface area (Å²) in [5.74, 6) is -1.18. The molecule has 0 fully saturated rings. The van der Waals surface area contributed by atoms with Crippen molar-refractivity contribution in [2.45, 2.75) is 84.0 Å². The summed E-state index contributed by atoms with van der Waals surface area (Å²) in [5.41, 5.74) is 0.803.